The summed E-state index contributed by atoms with van der Waals surface area (Å²) < 4.78 is 0. The summed E-state index contributed by atoms with van der Waals surface area (Å²) in [5, 5.41) is 4.46. The second-order valence-electron chi connectivity index (χ2n) is 4.96. The van der Waals surface area contributed by atoms with Gasteiger partial charge in [0.25, 0.3) is 0 Å². The molecule has 1 aromatic rings. The molecule has 17 heavy (non-hydrogen) atoms. The molecule has 1 aliphatic carbocycles. The van der Waals surface area contributed by atoms with Gasteiger partial charge < -0.3 is 5.32 Å². The van der Waals surface area contributed by atoms with Crippen LogP contribution in [0.25, 0.3) is 0 Å². The molecule has 1 saturated carbocycles. The van der Waals surface area contributed by atoms with Crippen LogP contribution < -0.4 is 5.32 Å². The molecule has 2 nitrogen and oxygen atoms in total. The second kappa shape index (κ2) is 5.21. The molecule has 0 saturated heterocycles. The van der Waals surface area contributed by atoms with E-state index in [0.717, 1.165) is 6.54 Å². The number of nitrogens with one attached hydrogen (secondary N) is 1. The Morgan fingerprint density at radius 3 is 2.53 bits per heavy atom. The van der Waals surface area contributed by atoms with Gasteiger partial charge >= 0.3 is 0 Å². The van der Waals surface area contributed by atoms with E-state index < -0.39 is 0 Å². The van der Waals surface area contributed by atoms with Crippen LogP contribution in [0.15, 0.2) is 6.07 Å². The molecule has 0 aromatic carbocycles. The Balaban J connectivity index is 2.06. The van der Waals surface area contributed by atoms with E-state index in [0.29, 0.717) is 21.3 Å². The maximum Gasteiger partial charge on any atom is 0.150 e. The SMILES string of the molecule is CC1(CNc2nc(Cl)c(Cl)cc2Cl)CCCC1. The Morgan fingerprint density at radius 2 is 1.88 bits per heavy atom. The Kier molecular flexibility index (Phi) is 4.06. The Morgan fingerprint density at radius 1 is 1.24 bits per heavy atom. The van der Waals surface area contributed by atoms with Crippen LogP contribution >= 0.6 is 34.8 Å². The van der Waals surface area contributed by atoms with E-state index in [9.17, 15) is 0 Å². The van der Waals surface area contributed by atoms with Gasteiger partial charge in [0.2, 0.25) is 0 Å². The zero-order valence-electron chi connectivity index (χ0n) is 9.69. The summed E-state index contributed by atoms with van der Waals surface area (Å²) in [6.07, 6.45) is 5.11. The monoisotopic (exact) mass is 292 g/mol. The molecule has 0 amide bonds. The van der Waals surface area contributed by atoms with Gasteiger partial charge in [-0.2, -0.15) is 0 Å². The van der Waals surface area contributed by atoms with Gasteiger partial charge in [0.05, 0.1) is 10.0 Å². The molecule has 94 valence electrons. The third-order valence-electron chi connectivity index (χ3n) is 3.38. The number of nitrogens with zero attached hydrogens (tertiary/aromatic N) is 1. The second-order valence-corrected chi connectivity index (χ2v) is 6.14. The highest BCUT2D eigenvalue weighted by Crippen LogP contribution is 2.38. The highest BCUT2D eigenvalue weighted by molar-refractivity contribution is 6.42. The van der Waals surface area contributed by atoms with Crippen LogP contribution in [0.1, 0.15) is 32.6 Å². The zero-order valence-corrected chi connectivity index (χ0v) is 12.0. The first kappa shape index (κ1) is 13.3. The lowest BCUT2D eigenvalue weighted by molar-refractivity contribution is 0.361. The van der Waals surface area contributed by atoms with Gasteiger partial charge in [0.15, 0.2) is 0 Å². The third-order valence-corrected chi connectivity index (χ3v) is 4.34. The maximum absolute atomic E-state index is 6.06. The van der Waals surface area contributed by atoms with Crippen molar-refractivity contribution in [3.8, 4) is 0 Å². The molecule has 1 fully saturated rings. The molecule has 0 aliphatic heterocycles. The van der Waals surface area contributed by atoms with Crippen LogP contribution in [0.4, 0.5) is 5.82 Å². The molecule has 5 heteroatoms. The van der Waals surface area contributed by atoms with Crippen LogP contribution in [-0.2, 0) is 0 Å². The first-order valence-corrected chi connectivity index (χ1v) is 6.89. The molecule has 0 spiro atoms. The van der Waals surface area contributed by atoms with Gasteiger partial charge in [0, 0.05) is 6.54 Å². The lowest BCUT2D eigenvalue weighted by Gasteiger charge is -2.24. The van der Waals surface area contributed by atoms with E-state index in [-0.39, 0.29) is 5.15 Å². The van der Waals surface area contributed by atoms with Crippen molar-refractivity contribution in [2.24, 2.45) is 5.41 Å². The Hall–Kier alpha value is -0.180. The minimum atomic E-state index is 0.287. The summed E-state index contributed by atoms with van der Waals surface area (Å²) in [6.45, 7) is 3.16. The molecule has 1 aliphatic rings. The largest absolute Gasteiger partial charge is 0.368 e. The van der Waals surface area contributed by atoms with Crippen molar-refractivity contribution in [3.63, 3.8) is 0 Å². The number of anilines is 1. The summed E-state index contributed by atoms with van der Waals surface area (Å²) in [4.78, 5) is 4.15. The molecular weight excluding hydrogens is 279 g/mol. The van der Waals surface area contributed by atoms with Gasteiger partial charge in [0.1, 0.15) is 11.0 Å². The predicted molar refractivity (Wildman–Crippen MR) is 74.3 cm³/mol. The highest BCUT2D eigenvalue weighted by Gasteiger charge is 2.28. The molecule has 1 N–H and O–H groups in total. The number of pyridine rings is 1. The van der Waals surface area contributed by atoms with Crippen LogP contribution in [0.5, 0.6) is 0 Å². The van der Waals surface area contributed by atoms with Crippen molar-refractivity contribution in [1.82, 2.24) is 4.98 Å². The quantitative estimate of drug-likeness (QED) is 0.790. The van der Waals surface area contributed by atoms with Crippen molar-refractivity contribution in [2.75, 3.05) is 11.9 Å². The van der Waals surface area contributed by atoms with Gasteiger partial charge in [-0.05, 0) is 24.3 Å². The summed E-state index contributed by atoms with van der Waals surface area (Å²) in [6, 6.07) is 1.62. The normalized spacial score (nSPS) is 18.4. The van der Waals surface area contributed by atoms with Crippen molar-refractivity contribution in [3.05, 3.63) is 21.3 Å². The first-order valence-electron chi connectivity index (χ1n) is 5.76. The topological polar surface area (TPSA) is 24.9 Å². The summed E-state index contributed by atoms with van der Waals surface area (Å²) in [5.74, 6) is 0.620. The summed E-state index contributed by atoms with van der Waals surface area (Å²) >= 11 is 17.8. The van der Waals surface area contributed by atoms with E-state index in [1.807, 2.05) is 0 Å². The van der Waals surface area contributed by atoms with E-state index in [1.54, 1.807) is 6.07 Å². The van der Waals surface area contributed by atoms with E-state index in [1.165, 1.54) is 25.7 Å². The third kappa shape index (κ3) is 3.18. The van der Waals surface area contributed by atoms with Gasteiger partial charge in [-0.3, -0.25) is 0 Å². The van der Waals surface area contributed by atoms with Crippen LogP contribution in [0, 0.1) is 5.41 Å². The fourth-order valence-electron chi connectivity index (χ4n) is 2.27. The molecule has 0 unspecified atom stereocenters. The van der Waals surface area contributed by atoms with Crippen molar-refractivity contribution >= 4 is 40.6 Å². The number of hydrogen-bond donors (Lipinski definition) is 1. The fraction of sp³-hybridized carbons (Fsp3) is 0.583. The molecule has 0 bridgehead atoms. The molecule has 1 aromatic heterocycles. The van der Waals surface area contributed by atoms with Crippen LogP contribution in [0.2, 0.25) is 15.2 Å². The summed E-state index contributed by atoms with van der Waals surface area (Å²) in [7, 11) is 0. The van der Waals surface area contributed by atoms with Crippen molar-refractivity contribution in [1.29, 1.82) is 0 Å². The number of halogens is 3. The highest BCUT2D eigenvalue weighted by atomic mass is 35.5. The van der Waals surface area contributed by atoms with Gasteiger partial charge in [-0.25, -0.2) is 4.98 Å². The van der Waals surface area contributed by atoms with E-state index in [2.05, 4.69) is 17.2 Å². The predicted octanol–water partition coefficient (Wildman–Crippen LogP) is 5.03. The van der Waals surface area contributed by atoms with Crippen LogP contribution in [0.3, 0.4) is 0 Å². The van der Waals surface area contributed by atoms with E-state index >= 15 is 0 Å². The van der Waals surface area contributed by atoms with E-state index in [4.69, 9.17) is 34.8 Å². The maximum atomic E-state index is 6.06. The smallest absolute Gasteiger partial charge is 0.150 e. The lowest BCUT2D eigenvalue weighted by atomic mass is 9.89. The summed E-state index contributed by atoms with van der Waals surface area (Å²) in [5.41, 5.74) is 0.344. The molecular formula is C12H15Cl3N2. The first-order chi connectivity index (χ1) is 8.00. The average molecular weight is 294 g/mol. The minimum absolute atomic E-state index is 0.287. The molecule has 0 radical (unpaired) electrons. The number of aromatic nitrogens is 1. The van der Waals surface area contributed by atoms with Gasteiger partial charge in [-0.1, -0.05) is 54.6 Å². The molecule has 1 heterocycles. The lowest BCUT2D eigenvalue weighted by Crippen LogP contribution is -2.23. The minimum Gasteiger partial charge on any atom is -0.368 e. The standard InChI is InChI=1S/C12H15Cl3N2/c1-12(4-2-3-5-12)7-16-11-9(14)6-8(13)10(15)17-11/h6H,2-5,7H2,1H3,(H,16,17). The van der Waals surface area contributed by atoms with Gasteiger partial charge in [-0.15, -0.1) is 0 Å². The Bertz CT molecular complexity index is 414. The number of rotatable bonds is 3. The fourth-order valence-corrected chi connectivity index (χ4v) is 2.84. The molecule has 0 atom stereocenters. The van der Waals surface area contributed by atoms with Crippen molar-refractivity contribution < 1.29 is 0 Å². The van der Waals surface area contributed by atoms with Crippen LogP contribution in [-0.4, -0.2) is 11.5 Å². The Labute approximate surface area is 117 Å². The zero-order chi connectivity index (χ0) is 12.5. The van der Waals surface area contributed by atoms with Crippen molar-refractivity contribution in [2.45, 2.75) is 32.6 Å². The number of hydrogen-bond acceptors (Lipinski definition) is 2. The average Bonchev–Trinajstić information content (AvgIpc) is 2.69. The molecule has 2 rings (SSSR count).